The number of methoxy groups -OCH3 is 2. The number of amides is 1. The monoisotopic (exact) mass is 418 g/mol. The molecule has 1 heterocycles. The van der Waals surface area contributed by atoms with Crippen LogP contribution in [0.1, 0.15) is 15.9 Å². The summed E-state index contributed by atoms with van der Waals surface area (Å²) in [7, 11) is 3.00. The summed E-state index contributed by atoms with van der Waals surface area (Å²) in [5, 5.41) is 12.4. The summed E-state index contributed by atoms with van der Waals surface area (Å²) in [5.74, 6) is -0.432. The van der Waals surface area contributed by atoms with Gasteiger partial charge in [-0.25, -0.2) is 9.79 Å². The lowest BCUT2D eigenvalue weighted by Gasteiger charge is -2.10. The third-order valence-corrected chi connectivity index (χ3v) is 4.94. The minimum atomic E-state index is -1.01. The normalized spacial score (nSPS) is 16.3. The molecule has 1 saturated heterocycles. The molecular weight excluding hydrogens is 404 g/mol. The number of amidine groups is 1. The second-order valence-corrected chi connectivity index (χ2v) is 7.01. The van der Waals surface area contributed by atoms with Crippen molar-refractivity contribution in [1.29, 1.82) is 0 Å². The summed E-state index contributed by atoms with van der Waals surface area (Å²) in [5.41, 5.74) is 1.37. The molecule has 0 radical (unpaired) electrons. The highest BCUT2D eigenvalue weighted by atomic mass is 35.5. The highest BCUT2D eigenvalue weighted by Gasteiger charge is 2.24. The number of carboxylic acid groups (broad SMARTS) is 1. The van der Waals surface area contributed by atoms with E-state index in [1.807, 2.05) is 0 Å². The van der Waals surface area contributed by atoms with E-state index < -0.39 is 5.97 Å². The van der Waals surface area contributed by atoms with Crippen molar-refractivity contribution in [3.8, 4) is 11.5 Å². The smallest absolute Gasteiger partial charge is 0.335 e. The zero-order valence-electron chi connectivity index (χ0n) is 14.9. The fourth-order valence-electron chi connectivity index (χ4n) is 2.45. The third-order valence-electron chi connectivity index (χ3n) is 3.75. The van der Waals surface area contributed by atoms with E-state index in [-0.39, 0.29) is 11.5 Å². The van der Waals surface area contributed by atoms with Crippen LogP contribution >= 0.6 is 23.4 Å². The van der Waals surface area contributed by atoms with Crippen LogP contribution in [0.2, 0.25) is 5.02 Å². The van der Waals surface area contributed by atoms with Crippen molar-refractivity contribution >= 4 is 52.2 Å². The molecule has 0 saturated carbocycles. The molecule has 28 heavy (non-hydrogen) atoms. The number of rotatable bonds is 5. The van der Waals surface area contributed by atoms with Gasteiger partial charge in [-0.3, -0.25) is 4.79 Å². The average molecular weight is 419 g/mol. The fourth-order valence-corrected chi connectivity index (χ4v) is 3.59. The molecule has 0 aliphatic carbocycles. The van der Waals surface area contributed by atoms with Gasteiger partial charge in [0, 0.05) is 0 Å². The van der Waals surface area contributed by atoms with Gasteiger partial charge in [0.25, 0.3) is 5.91 Å². The molecule has 3 rings (SSSR count). The standard InChI is InChI=1S/C19H15ClN2O5S/c1-26-14-8-10(7-13(20)16(14)27-2)9-15-17(23)22-19(28-15)21-12-5-3-11(4-6-12)18(24)25/h3-9H,1-2H3,(H,24,25)(H,21,22,23). The molecule has 1 amide bonds. The highest BCUT2D eigenvalue weighted by molar-refractivity contribution is 8.18. The van der Waals surface area contributed by atoms with Gasteiger partial charge >= 0.3 is 5.97 Å². The van der Waals surface area contributed by atoms with Gasteiger partial charge in [0.2, 0.25) is 0 Å². The number of halogens is 1. The van der Waals surface area contributed by atoms with Crippen molar-refractivity contribution in [3.05, 3.63) is 57.5 Å². The molecule has 0 atom stereocenters. The number of carboxylic acids is 1. The van der Waals surface area contributed by atoms with Gasteiger partial charge in [-0.2, -0.15) is 0 Å². The van der Waals surface area contributed by atoms with Crippen molar-refractivity contribution in [3.63, 3.8) is 0 Å². The van der Waals surface area contributed by atoms with Crippen LogP contribution in [0.5, 0.6) is 11.5 Å². The Balaban J connectivity index is 1.84. The van der Waals surface area contributed by atoms with Crippen LogP contribution in [0.3, 0.4) is 0 Å². The molecule has 0 aromatic heterocycles. The number of ether oxygens (including phenoxy) is 2. The summed E-state index contributed by atoms with van der Waals surface area (Å²) in [6.07, 6.45) is 1.67. The number of benzene rings is 2. The van der Waals surface area contributed by atoms with Gasteiger partial charge in [0.15, 0.2) is 16.7 Å². The Kier molecular flexibility index (Phi) is 5.91. The van der Waals surface area contributed by atoms with E-state index in [0.29, 0.717) is 37.8 Å². The molecule has 144 valence electrons. The van der Waals surface area contributed by atoms with Gasteiger partial charge < -0.3 is 19.9 Å². The quantitative estimate of drug-likeness (QED) is 0.713. The fraction of sp³-hybridized carbons (Fsp3) is 0.105. The molecule has 2 N–H and O–H groups in total. The molecule has 0 bridgehead atoms. The van der Waals surface area contributed by atoms with E-state index in [2.05, 4.69) is 10.3 Å². The Morgan fingerprint density at radius 2 is 1.93 bits per heavy atom. The van der Waals surface area contributed by atoms with E-state index in [1.54, 1.807) is 30.3 Å². The summed E-state index contributed by atoms with van der Waals surface area (Å²) in [6, 6.07) is 9.42. The molecular formula is C19H15ClN2O5S. The molecule has 7 nitrogen and oxygen atoms in total. The second-order valence-electron chi connectivity index (χ2n) is 5.57. The van der Waals surface area contributed by atoms with Gasteiger partial charge in [-0.15, -0.1) is 0 Å². The first-order valence-corrected chi connectivity index (χ1v) is 9.15. The van der Waals surface area contributed by atoms with Gasteiger partial charge in [-0.05, 0) is 59.8 Å². The predicted octanol–water partition coefficient (Wildman–Crippen LogP) is 3.95. The number of hydrogen-bond acceptors (Lipinski definition) is 6. The number of aliphatic imine (C=N–C) groups is 1. The Morgan fingerprint density at radius 3 is 2.54 bits per heavy atom. The van der Waals surface area contributed by atoms with Crippen LogP contribution in [0.25, 0.3) is 6.08 Å². The van der Waals surface area contributed by atoms with Crippen LogP contribution in [-0.4, -0.2) is 36.4 Å². The minimum Gasteiger partial charge on any atom is -0.493 e. The van der Waals surface area contributed by atoms with Gasteiger partial charge in [0.1, 0.15) is 0 Å². The number of nitrogens with one attached hydrogen (secondary N) is 1. The Labute approximate surface area is 170 Å². The molecule has 2 aromatic rings. The van der Waals surface area contributed by atoms with Crippen molar-refractivity contribution in [2.75, 3.05) is 14.2 Å². The number of hydrogen-bond donors (Lipinski definition) is 2. The van der Waals surface area contributed by atoms with E-state index in [0.717, 1.165) is 0 Å². The van der Waals surface area contributed by atoms with E-state index >= 15 is 0 Å². The van der Waals surface area contributed by atoms with Crippen LogP contribution in [0, 0.1) is 0 Å². The third kappa shape index (κ3) is 4.29. The Bertz CT molecular complexity index is 1000. The number of carbonyl (C=O) groups excluding carboxylic acids is 1. The molecule has 1 aliphatic rings. The number of thioether (sulfide) groups is 1. The van der Waals surface area contributed by atoms with Crippen LogP contribution in [-0.2, 0) is 4.79 Å². The number of aromatic carboxylic acids is 1. The second kappa shape index (κ2) is 8.37. The largest absolute Gasteiger partial charge is 0.493 e. The Hall–Kier alpha value is -2.97. The lowest BCUT2D eigenvalue weighted by Crippen LogP contribution is -2.19. The molecule has 0 spiro atoms. The Morgan fingerprint density at radius 1 is 1.21 bits per heavy atom. The molecule has 0 unspecified atom stereocenters. The SMILES string of the molecule is COc1cc(C=C2SC(=Nc3ccc(C(=O)O)cc3)NC2=O)cc(Cl)c1OC. The summed E-state index contributed by atoms with van der Waals surface area (Å²) in [4.78, 5) is 27.9. The highest BCUT2D eigenvalue weighted by Crippen LogP contribution is 2.37. The van der Waals surface area contributed by atoms with Gasteiger partial charge in [0.05, 0.1) is 35.4 Å². The van der Waals surface area contributed by atoms with Crippen LogP contribution in [0.15, 0.2) is 46.3 Å². The summed E-state index contributed by atoms with van der Waals surface area (Å²) < 4.78 is 10.5. The first-order valence-electron chi connectivity index (χ1n) is 7.95. The molecule has 9 heteroatoms. The predicted molar refractivity (Wildman–Crippen MR) is 109 cm³/mol. The van der Waals surface area contributed by atoms with Crippen molar-refractivity contribution in [2.24, 2.45) is 4.99 Å². The molecule has 1 aliphatic heterocycles. The number of nitrogens with zero attached hydrogens (tertiary/aromatic N) is 1. The lowest BCUT2D eigenvalue weighted by molar-refractivity contribution is -0.115. The summed E-state index contributed by atoms with van der Waals surface area (Å²) >= 11 is 7.37. The number of carbonyl (C=O) groups is 2. The first-order chi connectivity index (χ1) is 13.4. The van der Waals surface area contributed by atoms with Crippen molar-refractivity contribution < 1.29 is 24.2 Å². The van der Waals surface area contributed by atoms with E-state index in [9.17, 15) is 9.59 Å². The van der Waals surface area contributed by atoms with Gasteiger partial charge in [-0.1, -0.05) is 11.6 Å². The summed E-state index contributed by atoms with van der Waals surface area (Å²) in [6.45, 7) is 0. The first kappa shape index (κ1) is 19.8. The minimum absolute atomic E-state index is 0.165. The van der Waals surface area contributed by atoms with Crippen molar-refractivity contribution in [1.82, 2.24) is 5.32 Å². The maximum Gasteiger partial charge on any atom is 0.335 e. The van der Waals surface area contributed by atoms with E-state index in [1.165, 1.54) is 38.1 Å². The molecule has 1 fully saturated rings. The van der Waals surface area contributed by atoms with E-state index in [4.69, 9.17) is 26.2 Å². The zero-order valence-corrected chi connectivity index (χ0v) is 16.4. The molecule has 2 aromatic carbocycles. The maximum atomic E-state index is 12.2. The average Bonchev–Trinajstić information content (AvgIpc) is 3.00. The van der Waals surface area contributed by atoms with Crippen molar-refractivity contribution in [2.45, 2.75) is 0 Å². The van der Waals surface area contributed by atoms with Crippen LogP contribution < -0.4 is 14.8 Å². The zero-order chi connectivity index (χ0) is 20.3. The lowest BCUT2D eigenvalue weighted by atomic mass is 10.2. The topological polar surface area (TPSA) is 97.2 Å². The van der Waals surface area contributed by atoms with Crippen LogP contribution in [0.4, 0.5) is 5.69 Å². The maximum absolute atomic E-state index is 12.2.